The summed E-state index contributed by atoms with van der Waals surface area (Å²) < 4.78 is 0. The van der Waals surface area contributed by atoms with Crippen LogP contribution in [0.3, 0.4) is 0 Å². The van der Waals surface area contributed by atoms with Gasteiger partial charge in [0.2, 0.25) is 0 Å². The van der Waals surface area contributed by atoms with E-state index in [4.69, 9.17) is 0 Å². The molecule has 0 aliphatic heterocycles. The second kappa shape index (κ2) is 76.0. The molecular weight excluding hydrogens is 259 g/mol. The maximum absolute atomic E-state index is 3.72. The first-order chi connectivity index (χ1) is 6.50. The van der Waals surface area contributed by atoms with E-state index in [0.29, 0.717) is 0 Å². The third-order valence-electron chi connectivity index (χ3n) is 0.455. The molecule has 0 aromatic carbocycles. The minimum Gasteiger partial charge on any atom is -0.670 e. The average molecular weight is 283 g/mol. The maximum Gasteiger partial charge on any atom is 5.00 e. The van der Waals surface area contributed by atoms with Gasteiger partial charge in [-0.3, -0.25) is 0 Å². The molecule has 1 heterocycles. The standard InChI is InChI=1S/C4H4N.4C2H5.Ru/c1-2-4-5-3-1;4*1-2;/h1-4H;4*1H2,2H3;/q5*-1;+5. The second-order valence-corrected chi connectivity index (χ2v) is 0.832. The van der Waals surface area contributed by atoms with Crippen LogP contribution in [-0.4, -0.2) is 0 Å². The molecule has 14 heavy (non-hydrogen) atoms. The van der Waals surface area contributed by atoms with Gasteiger partial charge >= 0.3 is 19.5 Å². The van der Waals surface area contributed by atoms with E-state index < -0.39 is 0 Å². The van der Waals surface area contributed by atoms with Gasteiger partial charge in [0, 0.05) is 0 Å². The summed E-state index contributed by atoms with van der Waals surface area (Å²) >= 11 is 0. The van der Waals surface area contributed by atoms with Crippen molar-refractivity contribution in [2.45, 2.75) is 27.7 Å². The predicted octanol–water partition coefficient (Wildman–Crippen LogP) is 4.00. The van der Waals surface area contributed by atoms with E-state index in [1.807, 2.05) is 12.1 Å². The minimum atomic E-state index is 0. The second-order valence-electron chi connectivity index (χ2n) is 0.832. The Morgan fingerprint density at radius 2 is 0.857 bits per heavy atom. The summed E-state index contributed by atoms with van der Waals surface area (Å²) in [6.45, 7) is 20.0. The summed E-state index contributed by atoms with van der Waals surface area (Å²) in [5.74, 6) is 0. The monoisotopic (exact) mass is 284 g/mol. The Morgan fingerprint density at radius 3 is 0.929 bits per heavy atom. The smallest absolute Gasteiger partial charge is 0.670 e. The van der Waals surface area contributed by atoms with Gasteiger partial charge in [0.05, 0.1) is 0 Å². The molecule has 0 aliphatic carbocycles. The van der Waals surface area contributed by atoms with Gasteiger partial charge in [-0.1, -0.05) is 12.1 Å². The molecule has 0 fully saturated rings. The van der Waals surface area contributed by atoms with Gasteiger partial charge in [0.15, 0.2) is 0 Å². The van der Waals surface area contributed by atoms with E-state index in [1.165, 1.54) is 0 Å². The van der Waals surface area contributed by atoms with Crippen LogP contribution in [0.1, 0.15) is 27.7 Å². The van der Waals surface area contributed by atoms with Crippen molar-refractivity contribution in [3.8, 4) is 0 Å². The Morgan fingerprint density at radius 1 is 0.643 bits per heavy atom. The van der Waals surface area contributed by atoms with E-state index in [2.05, 4.69) is 32.7 Å². The molecule has 0 aliphatic rings. The van der Waals surface area contributed by atoms with Crippen LogP contribution in [0.2, 0.25) is 0 Å². The molecule has 0 atom stereocenters. The van der Waals surface area contributed by atoms with Crippen molar-refractivity contribution in [2.24, 2.45) is 0 Å². The van der Waals surface area contributed by atoms with Crippen LogP contribution < -0.4 is 4.98 Å². The van der Waals surface area contributed by atoms with Gasteiger partial charge in [-0.15, -0.1) is 0 Å². The van der Waals surface area contributed by atoms with Crippen molar-refractivity contribution in [1.82, 2.24) is 4.98 Å². The Labute approximate surface area is 104 Å². The molecule has 0 saturated carbocycles. The van der Waals surface area contributed by atoms with Crippen LogP contribution in [0.5, 0.6) is 0 Å². The summed E-state index contributed by atoms with van der Waals surface area (Å²) in [5, 5.41) is 0. The Kier molecular flexibility index (Phi) is 159. The zero-order chi connectivity index (χ0) is 11.5. The van der Waals surface area contributed by atoms with E-state index in [-0.39, 0.29) is 19.5 Å². The van der Waals surface area contributed by atoms with Crippen molar-refractivity contribution in [3.05, 3.63) is 52.2 Å². The molecule has 0 amide bonds. The molecule has 1 aromatic rings. The summed E-state index contributed by atoms with van der Waals surface area (Å²) in [6.07, 6.45) is 3.50. The van der Waals surface area contributed by atoms with E-state index >= 15 is 0 Å². The normalized spacial score (nSPS) is 4.57. The van der Waals surface area contributed by atoms with Crippen molar-refractivity contribution in [1.29, 1.82) is 0 Å². The van der Waals surface area contributed by atoms with Crippen molar-refractivity contribution >= 4 is 0 Å². The van der Waals surface area contributed by atoms with Gasteiger partial charge in [-0.05, 0) is 0 Å². The van der Waals surface area contributed by atoms with Gasteiger partial charge in [0.1, 0.15) is 0 Å². The van der Waals surface area contributed by atoms with Crippen LogP contribution in [0.4, 0.5) is 0 Å². The molecule has 1 nitrogen and oxygen atoms in total. The number of rotatable bonds is 0. The fraction of sp³-hybridized carbons (Fsp3) is 0.333. The molecule has 0 bridgehead atoms. The molecule has 0 saturated heterocycles. The van der Waals surface area contributed by atoms with E-state index in [1.54, 1.807) is 40.1 Å². The SMILES string of the molecule is [CH2-]C.[CH2-]C.[CH2-]C.[CH2-]C.[Ru+5].c1cc[n-]c1. The summed E-state index contributed by atoms with van der Waals surface area (Å²) in [5.41, 5.74) is 0. The first-order valence-electron chi connectivity index (χ1n) is 4.34. The zero-order valence-corrected chi connectivity index (χ0v) is 11.7. The molecule has 1 aromatic heterocycles. The molecule has 0 unspecified atom stereocenters. The van der Waals surface area contributed by atoms with Gasteiger partial charge in [0.25, 0.3) is 0 Å². The molecular formula is C12H24NRu. The first kappa shape index (κ1) is 29.2. The van der Waals surface area contributed by atoms with Crippen molar-refractivity contribution in [3.63, 3.8) is 0 Å². The summed E-state index contributed by atoms with van der Waals surface area (Å²) in [4.78, 5) is 3.72. The third kappa shape index (κ3) is 58.9. The van der Waals surface area contributed by atoms with Crippen LogP contribution >= 0.6 is 0 Å². The molecule has 0 N–H and O–H groups in total. The minimum absolute atomic E-state index is 0. The molecule has 85 valence electrons. The van der Waals surface area contributed by atoms with Crippen LogP contribution in [0, 0.1) is 27.7 Å². The van der Waals surface area contributed by atoms with E-state index in [0.717, 1.165) is 0 Å². The summed E-state index contributed by atoms with van der Waals surface area (Å²) in [6, 6.07) is 3.78. The fourth-order valence-electron chi connectivity index (χ4n) is 0.248. The predicted molar refractivity (Wildman–Crippen MR) is 63.9 cm³/mol. The quantitative estimate of drug-likeness (QED) is 0.518. The van der Waals surface area contributed by atoms with Crippen molar-refractivity contribution < 1.29 is 19.5 Å². The number of hydrogen-bond donors (Lipinski definition) is 0. The maximum atomic E-state index is 3.72. The van der Waals surface area contributed by atoms with Crippen LogP contribution in [0.15, 0.2) is 24.5 Å². The number of hydrogen-bond acceptors (Lipinski definition) is 0. The van der Waals surface area contributed by atoms with Gasteiger partial charge in [-0.25, -0.2) is 0 Å². The Hall–Kier alpha value is -0.0966. The summed E-state index contributed by atoms with van der Waals surface area (Å²) in [7, 11) is 0. The Bertz CT molecular complexity index is 66.8. The van der Waals surface area contributed by atoms with Gasteiger partial charge < -0.3 is 32.7 Å². The number of nitrogens with zero attached hydrogens (tertiary/aromatic N) is 1. The average Bonchev–Trinajstić information content (AvgIpc) is 2.87. The van der Waals surface area contributed by atoms with E-state index in [9.17, 15) is 0 Å². The molecule has 1 radical (unpaired) electrons. The van der Waals surface area contributed by atoms with Gasteiger partial charge in [-0.2, -0.15) is 40.1 Å². The van der Waals surface area contributed by atoms with Crippen LogP contribution in [-0.2, 0) is 19.5 Å². The van der Waals surface area contributed by atoms with Crippen molar-refractivity contribution in [2.75, 3.05) is 0 Å². The van der Waals surface area contributed by atoms with Crippen LogP contribution in [0.25, 0.3) is 0 Å². The zero-order valence-electron chi connectivity index (χ0n) is 9.94. The molecule has 1 rings (SSSR count). The topological polar surface area (TPSA) is 14.1 Å². The number of aromatic nitrogens is 1. The molecule has 2 heteroatoms. The third-order valence-corrected chi connectivity index (χ3v) is 0.455. The fourth-order valence-corrected chi connectivity index (χ4v) is 0.248. The first-order valence-corrected chi connectivity index (χ1v) is 4.34. The molecule has 0 spiro atoms. The Balaban J connectivity index is -0.0000000267. The largest absolute Gasteiger partial charge is 5.00 e.